The van der Waals surface area contributed by atoms with Crippen LogP contribution in [0.25, 0.3) is 0 Å². The number of hydrogen-bond donors (Lipinski definition) is 0. The first-order valence-electron chi connectivity index (χ1n) is 6.70. The van der Waals surface area contributed by atoms with Crippen molar-refractivity contribution in [1.29, 1.82) is 0 Å². The van der Waals surface area contributed by atoms with Crippen molar-refractivity contribution in [2.24, 2.45) is 0 Å². The first-order valence-corrected chi connectivity index (χ1v) is 7.50. The lowest BCUT2D eigenvalue weighted by atomic mass is 10.1. The molecule has 3 heterocycles. The number of carbonyl (C=O) groups is 1. The largest absolute Gasteiger partial charge is 0.460 e. The molecule has 3 rings (SSSR count). The van der Waals surface area contributed by atoms with E-state index in [2.05, 4.69) is 25.9 Å². The highest BCUT2D eigenvalue weighted by atomic mass is 79.9. The maximum atomic E-state index is 12.2. The van der Waals surface area contributed by atoms with Crippen molar-refractivity contribution in [3.63, 3.8) is 0 Å². The molecule has 0 spiro atoms. The van der Waals surface area contributed by atoms with Gasteiger partial charge in [0.05, 0.1) is 0 Å². The topological polar surface area (TPSA) is 68.5 Å². The third-order valence-corrected chi connectivity index (χ3v) is 3.75. The van der Waals surface area contributed by atoms with Crippen LogP contribution in [0.15, 0.2) is 39.7 Å². The molecule has 0 unspecified atom stereocenters. The molecule has 0 bridgehead atoms. The third-order valence-electron chi connectivity index (χ3n) is 3.33. The van der Waals surface area contributed by atoms with E-state index in [9.17, 15) is 4.79 Å². The number of carbonyl (C=O) groups excluding carboxylic acids is 1. The summed E-state index contributed by atoms with van der Waals surface area (Å²) in [5, 5.41) is 0. The summed E-state index contributed by atoms with van der Waals surface area (Å²) in [7, 11) is 0. The fourth-order valence-electron chi connectivity index (χ4n) is 2.26. The van der Waals surface area contributed by atoms with Gasteiger partial charge in [-0.3, -0.25) is 4.79 Å². The van der Waals surface area contributed by atoms with Gasteiger partial charge in [-0.25, -0.2) is 9.97 Å². The van der Waals surface area contributed by atoms with E-state index in [0.29, 0.717) is 29.5 Å². The van der Waals surface area contributed by atoms with Gasteiger partial charge >= 0.3 is 6.01 Å². The molecule has 2 aromatic rings. The molecule has 1 aliphatic rings. The van der Waals surface area contributed by atoms with Crippen molar-refractivity contribution in [2.75, 3.05) is 13.1 Å². The highest BCUT2D eigenvalue weighted by molar-refractivity contribution is 9.10. The predicted octanol–water partition coefficient (Wildman–Crippen LogP) is 2.52. The molecule has 1 aliphatic heterocycles. The van der Waals surface area contributed by atoms with Gasteiger partial charge in [0, 0.05) is 38.3 Å². The number of amides is 1. The van der Waals surface area contributed by atoms with E-state index in [1.165, 1.54) is 0 Å². The summed E-state index contributed by atoms with van der Waals surface area (Å²) >= 11 is 3.20. The van der Waals surface area contributed by atoms with Crippen LogP contribution < -0.4 is 4.74 Å². The van der Waals surface area contributed by atoms with Crippen molar-refractivity contribution in [1.82, 2.24) is 14.9 Å². The zero-order valence-corrected chi connectivity index (χ0v) is 12.8. The summed E-state index contributed by atoms with van der Waals surface area (Å²) in [6.07, 6.45) is 4.85. The van der Waals surface area contributed by atoms with E-state index in [-0.39, 0.29) is 12.0 Å². The Hall–Kier alpha value is -1.89. The Labute approximate surface area is 130 Å². The lowest BCUT2D eigenvalue weighted by molar-refractivity contribution is 0.0549. The smallest absolute Gasteiger partial charge is 0.316 e. The molecule has 0 N–H and O–H groups in total. The van der Waals surface area contributed by atoms with Gasteiger partial charge in [-0.05, 0) is 34.1 Å². The first-order chi connectivity index (χ1) is 10.2. The van der Waals surface area contributed by atoms with Gasteiger partial charge in [-0.1, -0.05) is 0 Å². The van der Waals surface area contributed by atoms with Crippen LogP contribution >= 0.6 is 15.9 Å². The summed E-state index contributed by atoms with van der Waals surface area (Å²) in [6, 6.07) is 5.52. The Morgan fingerprint density at radius 1 is 1.29 bits per heavy atom. The summed E-state index contributed by atoms with van der Waals surface area (Å²) < 4.78 is 11.6. The molecule has 1 amide bonds. The number of piperidine rings is 1. The van der Waals surface area contributed by atoms with E-state index in [0.717, 1.165) is 12.8 Å². The van der Waals surface area contributed by atoms with Gasteiger partial charge in [0.25, 0.3) is 5.91 Å². The fraction of sp³-hybridized carbons (Fsp3) is 0.357. The second-order valence-electron chi connectivity index (χ2n) is 4.74. The number of furan rings is 1. The van der Waals surface area contributed by atoms with Gasteiger partial charge in [-0.2, -0.15) is 0 Å². The number of hydrogen-bond acceptors (Lipinski definition) is 5. The SMILES string of the molecule is O=C(c1ccc(Br)o1)N1CCC(Oc2ncccn2)CC1. The van der Waals surface area contributed by atoms with Crippen LogP contribution in [0.2, 0.25) is 0 Å². The Kier molecular flexibility index (Phi) is 4.19. The molecule has 0 saturated carbocycles. The lowest BCUT2D eigenvalue weighted by Gasteiger charge is -2.31. The van der Waals surface area contributed by atoms with Crippen LogP contribution in [-0.4, -0.2) is 40.0 Å². The molecular weight excluding hydrogens is 338 g/mol. The maximum Gasteiger partial charge on any atom is 0.316 e. The van der Waals surface area contributed by atoms with E-state index in [1.54, 1.807) is 35.5 Å². The molecule has 1 saturated heterocycles. The molecule has 7 heteroatoms. The van der Waals surface area contributed by atoms with E-state index in [1.807, 2.05) is 0 Å². The minimum absolute atomic E-state index is 0.0415. The number of halogens is 1. The van der Waals surface area contributed by atoms with E-state index >= 15 is 0 Å². The Morgan fingerprint density at radius 2 is 2.00 bits per heavy atom. The minimum Gasteiger partial charge on any atom is -0.460 e. The van der Waals surface area contributed by atoms with Crippen molar-refractivity contribution in [3.8, 4) is 6.01 Å². The second-order valence-corrected chi connectivity index (χ2v) is 5.53. The van der Waals surface area contributed by atoms with Crippen LogP contribution in [0.3, 0.4) is 0 Å². The van der Waals surface area contributed by atoms with Crippen molar-refractivity contribution in [2.45, 2.75) is 18.9 Å². The monoisotopic (exact) mass is 351 g/mol. The molecule has 6 nitrogen and oxygen atoms in total. The van der Waals surface area contributed by atoms with Gasteiger partial charge in [0.15, 0.2) is 10.4 Å². The first kappa shape index (κ1) is 14.1. The third kappa shape index (κ3) is 3.41. The molecule has 1 fully saturated rings. The predicted molar refractivity (Wildman–Crippen MR) is 78.0 cm³/mol. The maximum absolute atomic E-state index is 12.2. The highest BCUT2D eigenvalue weighted by Gasteiger charge is 2.26. The zero-order valence-electron chi connectivity index (χ0n) is 11.2. The summed E-state index contributed by atoms with van der Waals surface area (Å²) in [6.45, 7) is 1.27. The quantitative estimate of drug-likeness (QED) is 0.849. The van der Waals surface area contributed by atoms with Crippen LogP contribution in [-0.2, 0) is 0 Å². The molecule has 2 aromatic heterocycles. The van der Waals surface area contributed by atoms with Crippen molar-refractivity contribution < 1.29 is 13.9 Å². The van der Waals surface area contributed by atoms with Crippen LogP contribution in [0.4, 0.5) is 0 Å². The number of ether oxygens (including phenoxy) is 1. The number of nitrogens with zero attached hydrogens (tertiary/aromatic N) is 3. The van der Waals surface area contributed by atoms with Crippen LogP contribution in [0.5, 0.6) is 6.01 Å². The molecular formula is C14H14BrN3O3. The van der Waals surface area contributed by atoms with Gasteiger partial charge < -0.3 is 14.1 Å². The Balaban J connectivity index is 1.54. The van der Waals surface area contributed by atoms with Gasteiger partial charge in [0.2, 0.25) is 0 Å². The highest BCUT2D eigenvalue weighted by Crippen LogP contribution is 2.20. The van der Waals surface area contributed by atoms with Gasteiger partial charge in [-0.15, -0.1) is 0 Å². The molecule has 21 heavy (non-hydrogen) atoms. The van der Waals surface area contributed by atoms with Crippen LogP contribution in [0, 0.1) is 0 Å². The summed E-state index contributed by atoms with van der Waals surface area (Å²) in [4.78, 5) is 22.1. The number of rotatable bonds is 3. The summed E-state index contributed by atoms with van der Waals surface area (Å²) in [5.74, 6) is 0.266. The van der Waals surface area contributed by atoms with Gasteiger partial charge in [0.1, 0.15) is 6.10 Å². The molecule has 110 valence electrons. The Bertz CT molecular complexity index is 609. The normalized spacial score (nSPS) is 16.0. The average molecular weight is 352 g/mol. The van der Waals surface area contributed by atoms with Crippen LogP contribution in [0.1, 0.15) is 23.4 Å². The summed E-state index contributed by atoms with van der Waals surface area (Å²) in [5.41, 5.74) is 0. The zero-order chi connectivity index (χ0) is 14.7. The van der Waals surface area contributed by atoms with Crippen molar-refractivity contribution in [3.05, 3.63) is 41.0 Å². The Morgan fingerprint density at radius 3 is 2.62 bits per heavy atom. The lowest BCUT2D eigenvalue weighted by Crippen LogP contribution is -2.41. The second kappa shape index (κ2) is 6.26. The molecule has 0 aliphatic carbocycles. The fourth-order valence-corrected chi connectivity index (χ4v) is 2.56. The molecule has 0 atom stereocenters. The van der Waals surface area contributed by atoms with E-state index < -0.39 is 0 Å². The minimum atomic E-state index is -0.0879. The average Bonchev–Trinajstić information content (AvgIpc) is 2.95. The number of likely N-dealkylation sites (tertiary alicyclic amines) is 1. The van der Waals surface area contributed by atoms with Crippen molar-refractivity contribution >= 4 is 21.8 Å². The molecule has 0 radical (unpaired) electrons. The molecule has 0 aromatic carbocycles. The van der Waals surface area contributed by atoms with E-state index in [4.69, 9.17) is 9.15 Å². The standard InChI is InChI=1S/C14H14BrN3O3/c15-12-3-2-11(21-12)13(19)18-8-4-10(5-9-18)20-14-16-6-1-7-17-14/h1-3,6-7,10H,4-5,8-9H2. The number of aromatic nitrogens is 2.